The van der Waals surface area contributed by atoms with Crippen LogP contribution in [0.5, 0.6) is 0 Å². The number of carbonyl (C=O) groups is 1. The SMILES string of the molecule is Cc1ccc(F)c(C(=O)N2CCOCC2)c1F. The summed E-state index contributed by atoms with van der Waals surface area (Å²) in [5.74, 6) is -2.20. The first kappa shape index (κ1) is 12.0. The molecule has 1 fully saturated rings. The lowest BCUT2D eigenvalue weighted by Crippen LogP contribution is -2.41. The molecule has 92 valence electrons. The molecule has 0 unspecified atom stereocenters. The number of ether oxygens (including phenoxy) is 1. The van der Waals surface area contributed by atoms with Crippen LogP contribution < -0.4 is 0 Å². The van der Waals surface area contributed by atoms with Crippen molar-refractivity contribution in [1.82, 2.24) is 4.90 Å². The summed E-state index contributed by atoms with van der Waals surface area (Å²) in [7, 11) is 0. The molecular formula is C12H13F2NO2. The monoisotopic (exact) mass is 241 g/mol. The highest BCUT2D eigenvalue weighted by Crippen LogP contribution is 2.18. The molecule has 5 heteroatoms. The molecule has 3 nitrogen and oxygen atoms in total. The smallest absolute Gasteiger partial charge is 0.259 e. The second-order valence-electron chi connectivity index (χ2n) is 3.96. The molecule has 0 saturated carbocycles. The molecule has 0 radical (unpaired) electrons. The highest BCUT2D eigenvalue weighted by molar-refractivity contribution is 5.95. The van der Waals surface area contributed by atoms with Crippen LogP contribution >= 0.6 is 0 Å². The van der Waals surface area contributed by atoms with E-state index in [0.717, 1.165) is 6.07 Å². The molecule has 1 aliphatic heterocycles. The normalized spacial score (nSPS) is 16.1. The Labute approximate surface area is 98.0 Å². The second-order valence-corrected chi connectivity index (χ2v) is 3.96. The number of benzene rings is 1. The fourth-order valence-electron chi connectivity index (χ4n) is 1.78. The Morgan fingerprint density at radius 2 is 1.94 bits per heavy atom. The van der Waals surface area contributed by atoms with E-state index in [2.05, 4.69) is 0 Å². The molecule has 0 spiro atoms. The van der Waals surface area contributed by atoms with Gasteiger partial charge in [-0.25, -0.2) is 8.78 Å². The van der Waals surface area contributed by atoms with E-state index in [0.29, 0.717) is 26.3 Å². The molecule has 17 heavy (non-hydrogen) atoms. The molecule has 0 bridgehead atoms. The van der Waals surface area contributed by atoms with Gasteiger partial charge in [0.15, 0.2) is 0 Å². The average molecular weight is 241 g/mol. The van der Waals surface area contributed by atoms with Gasteiger partial charge < -0.3 is 9.64 Å². The minimum atomic E-state index is -0.815. The van der Waals surface area contributed by atoms with Crippen molar-refractivity contribution in [2.24, 2.45) is 0 Å². The van der Waals surface area contributed by atoms with Gasteiger partial charge in [0, 0.05) is 13.1 Å². The summed E-state index contributed by atoms with van der Waals surface area (Å²) in [5, 5.41) is 0. The summed E-state index contributed by atoms with van der Waals surface area (Å²) in [4.78, 5) is 13.4. The Morgan fingerprint density at radius 3 is 2.59 bits per heavy atom. The van der Waals surface area contributed by atoms with Crippen molar-refractivity contribution in [2.75, 3.05) is 26.3 Å². The maximum atomic E-state index is 13.7. The number of aryl methyl sites for hydroxylation is 1. The molecule has 1 aromatic carbocycles. The van der Waals surface area contributed by atoms with Gasteiger partial charge in [-0.15, -0.1) is 0 Å². The standard InChI is InChI=1S/C12H13F2NO2/c1-8-2-3-9(13)10(11(8)14)12(16)15-4-6-17-7-5-15/h2-3H,4-7H2,1H3. The number of nitrogens with zero attached hydrogens (tertiary/aromatic N) is 1. The number of morpholine rings is 1. The summed E-state index contributed by atoms with van der Waals surface area (Å²) in [6.45, 7) is 3.05. The number of hydrogen-bond donors (Lipinski definition) is 0. The Kier molecular flexibility index (Phi) is 3.38. The van der Waals surface area contributed by atoms with E-state index in [1.54, 1.807) is 0 Å². The fourth-order valence-corrected chi connectivity index (χ4v) is 1.78. The summed E-state index contributed by atoms with van der Waals surface area (Å²) >= 11 is 0. The molecule has 1 aliphatic rings. The van der Waals surface area contributed by atoms with Gasteiger partial charge in [-0.3, -0.25) is 4.79 Å². The highest BCUT2D eigenvalue weighted by atomic mass is 19.1. The molecule has 1 saturated heterocycles. The Morgan fingerprint density at radius 1 is 1.29 bits per heavy atom. The molecule has 1 heterocycles. The van der Waals surface area contributed by atoms with Gasteiger partial charge in [-0.05, 0) is 18.6 Å². The van der Waals surface area contributed by atoms with Gasteiger partial charge in [-0.1, -0.05) is 6.07 Å². The van der Waals surface area contributed by atoms with Gasteiger partial charge in [0.05, 0.1) is 13.2 Å². The number of halogens is 2. The Balaban J connectivity index is 2.32. The zero-order chi connectivity index (χ0) is 12.4. The number of rotatable bonds is 1. The topological polar surface area (TPSA) is 29.5 Å². The van der Waals surface area contributed by atoms with Crippen LogP contribution in [0.1, 0.15) is 15.9 Å². The van der Waals surface area contributed by atoms with Gasteiger partial charge in [-0.2, -0.15) is 0 Å². The van der Waals surface area contributed by atoms with Crippen LogP contribution in [0.2, 0.25) is 0 Å². The Hall–Kier alpha value is -1.49. The summed E-state index contributed by atoms with van der Waals surface area (Å²) in [6.07, 6.45) is 0. The maximum absolute atomic E-state index is 13.7. The van der Waals surface area contributed by atoms with Crippen LogP contribution in [0, 0.1) is 18.6 Å². The second kappa shape index (κ2) is 4.79. The van der Waals surface area contributed by atoms with Crippen molar-refractivity contribution in [3.05, 3.63) is 34.9 Å². The van der Waals surface area contributed by atoms with Crippen molar-refractivity contribution in [1.29, 1.82) is 0 Å². The van der Waals surface area contributed by atoms with E-state index in [1.807, 2.05) is 0 Å². The van der Waals surface area contributed by atoms with E-state index >= 15 is 0 Å². The molecule has 1 amide bonds. The number of carbonyl (C=O) groups excluding carboxylic acids is 1. The predicted octanol–water partition coefficient (Wildman–Crippen LogP) is 1.75. The first-order valence-electron chi connectivity index (χ1n) is 5.43. The zero-order valence-electron chi connectivity index (χ0n) is 9.50. The molecule has 0 atom stereocenters. The molecular weight excluding hydrogens is 228 g/mol. The van der Waals surface area contributed by atoms with Crippen LogP contribution in [-0.2, 0) is 4.74 Å². The Bertz CT molecular complexity index is 442. The van der Waals surface area contributed by atoms with Crippen LogP contribution in [0.15, 0.2) is 12.1 Å². The zero-order valence-corrected chi connectivity index (χ0v) is 9.50. The third-order valence-electron chi connectivity index (χ3n) is 2.80. The van der Waals surface area contributed by atoms with Gasteiger partial charge >= 0.3 is 0 Å². The lowest BCUT2D eigenvalue weighted by Gasteiger charge is -2.27. The van der Waals surface area contributed by atoms with Crippen LogP contribution in [0.25, 0.3) is 0 Å². The van der Waals surface area contributed by atoms with Crippen molar-refractivity contribution < 1.29 is 18.3 Å². The minimum Gasteiger partial charge on any atom is -0.378 e. The van der Waals surface area contributed by atoms with Crippen LogP contribution in [-0.4, -0.2) is 37.1 Å². The predicted molar refractivity (Wildman–Crippen MR) is 57.8 cm³/mol. The van der Waals surface area contributed by atoms with Gasteiger partial charge in [0.25, 0.3) is 5.91 Å². The van der Waals surface area contributed by atoms with Crippen molar-refractivity contribution >= 4 is 5.91 Å². The third kappa shape index (κ3) is 2.29. The molecule has 0 N–H and O–H groups in total. The summed E-state index contributed by atoms with van der Waals surface area (Å²) in [5.41, 5.74) is -0.199. The fraction of sp³-hybridized carbons (Fsp3) is 0.417. The molecule has 0 aromatic heterocycles. The summed E-state index contributed by atoms with van der Waals surface area (Å²) in [6, 6.07) is 2.44. The molecule has 0 aliphatic carbocycles. The first-order chi connectivity index (χ1) is 8.11. The lowest BCUT2D eigenvalue weighted by molar-refractivity contribution is 0.0296. The largest absolute Gasteiger partial charge is 0.378 e. The van der Waals surface area contributed by atoms with E-state index in [4.69, 9.17) is 4.74 Å². The van der Waals surface area contributed by atoms with E-state index < -0.39 is 23.1 Å². The molecule has 2 rings (SSSR count). The number of amides is 1. The van der Waals surface area contributed by atoms with E-state index in [9.17, 15) is 13.6 Å². The number of hydrogen-bond acceptors (Lipinski definition) is 2. The minimum absolute atomic E-state index is 0.267. The van der Waals surface area contributed by atoms with Gasteiger partial charge in [0.1, 0.15) is 17.2 Å². The first-order valence-corrected chi connectivity index (χ1v) is 5.43. The van der Waals surface area contributed by atoms with E-state index in [-0.39, 0.29) is 5.56 Å². The van der Waals surface area contributed by atoms with Crippen LogP contribution in [0.3, 0.4) is 0 Å². The highest BCUT2D eigenvalue weighted by Gasteiger charge is 2.25. The third-order valence-corrected chi connectivity index (χ3v) is 2.80. The average Bonchev–Trinajstić information content (AvgIpc) is 2.35. The van der Waals surface area contributed by atoms with Crippen molar-refractivity contribution in [2.45, 2.75) is 6.92 Å². The quantitative estimate of drug-likeness (QED) is 0.749. The van der Waals surface area contributed by atoms with Crippen molar-refractivity contribution in [3.63, 3.8) is 0 Å². The van der Waals surface area contributed by atoms with Crippen molar-refractivity contribution in [3.8, 4) is 0 Å². The maximum Gasteiger partial charge on any atom is 0.259 e. The summed E-state index contributed by atoms with van der Waals surface area (Å²) < 4.78 is 32.4. The lowest BCUT2D eigenvalue weighted by atomic mass is 10.1. The van der Waals surface area contributed by atoms with Crippen LogP contribution in [0.4, 0.5) is 8.78 Å². The molecule has 1 aromatic rings. The van der Waals surface area contributed by atoms with E-state index in [1.165, 1.54) is 17.9 Å². The van der Waals surface area contributed by atoms with Gasteiger partial charge in [0.2, 0.25) is 0 Å².